The average molecular weight is 398 g/mol. The molecule has 2 amide bonds. The number of fused-ring (bicyclic) bond motifs is 1. The first kappa shape index (κ1) is 17.8. The van der Waals surface area contributed by atoms with Crippen molar-refractivity contribution in [3.63, 3.8) is 0 Å². The van der Waals surface area contributed by atoms with E-state index in [0.29, 0.717) is 38.5 Å². The van der Waals surface area contributed by atoms with Crippen molar-refractivity contribution in [2.75, 3.05) is 11.1 Å². The van der Waals surface area contributed by atoms with Gasteiger partial charge in [-0.1, -0.05) is 59.8 Å². The molecule has 0 saturated carbocycles. The Morgan fingerprint density at radius 2 is 1.89 bits per heavy atom. The first-order valence-corrected chi connectivity index (χ1v) is 9.78. The molecule has 0 unspecified atom stereocenters. The summed E-state index contributed by atoms with van der Waals surface area (Å²) in [6.07, 6.45) is 0. The van der Waals surface area contributed by atoms with Crippen molar-refractivity contribution in [3.05, 3.63) is 76.5 Å². The molecule has 4 rings (SSSR count). The van der Waals surface area contributed by atoms with E-state index in [1.54, 1.807) is 17.9 Å². The highest BCUT2D eigenvalue weighted by Gasteiger charge is 2.43. The number of hydrogen-bond donors (Lipinski definition) is 1. The maximum atomic E-state index is 13.1. The van der Waals surface area contributed by atoms with Gasteiger partial charge in [0.05, 0.1) is 23.1 Å². The predicted molar refractivity (Wildman–Crippen MR) is 109 cm³/mol. The molecule has 136 valence electrons. The fourth-order valence-corrected chi connectivity index (χ4v) is 4.42. The SMILES string of the molecule is CC1=C(C(=O)Nc2ccccc2)[C@@H](c2ccccc2Cl)N2C(=O)CSC2=N1. The number of thioether (sulfide) groups is 1. The minimum absolute atomic E-state index is 0.0822. The molecule has 7 heteroatoms. The molecule has 2 aliphatic rings. The van der Waals surface area contributed by atoms with Gasteiger partial charge in [0.2, 0.25) is 5.91 Å². The molecule has 5 nitrogen and oxygen atoms in total. The molecule has 27 heavy (non-hydrogen) atoms. The lowest BCUT2D eigenvalue weighted by atomic mass is 9.93. The van der Waals surface area contributed by atoms with Gasteiger partial charge in [-0.2, -0.15) is 0 Å². The van der Waals surface area contributed by atoms with Gasteiger partial charge in [0, 0.05) is 10.7 Å². The monoisotopic (exact) mass is 397 g/mol. The molecule has 2 aromatic rings. The van der Waals surface area contributed by atoms with Crippen LogP contribution >= 0.6 is 23.4 Å². The van der Waals surface area contributed by atoms with Crippen LogP contribution in [0.4, 0.5) is 5.69 Å². The van der Waals surface area contributed by atoms with Crippen LogP contribution in [0.15, 0.2) is 70.9 Å². The van der Waals surface area contributed by atoms with Crippen molar-refractivity contribution >= 4 is 46.0 Å². The summed E-state index contributed by atoms with van der Waals surface area (Å²) in [7, 11) is 0. The van der Waals surface area contributed by atoms with Crippen LogP contribution < -0.4 is 5.32 Å². The lowest BCUT2D eigenvalue weighted by Crippen LogP contribution is -2.40. The maximum Gasteiger partial charge on any atom is 0.255 e. The van der Waals surface area contributed by atoms with E-state index in [4.69, 9.17) is 11.6 Å². The van der Waals surface area contributed by atoms with Crippen LogP contribution in [0.25, 0.3) is 0 Å². The largest absolute Gasteiger partial charge is 0.322 e. The summed E-state index contributed by atoms with van der Waals surface area (Å²) in [5.41, 5.74) is 2.39. The van der Waals surface area contributed by atoms with Gasteiger partial charge >= 0.3 is 0 Å². The van der Waals surface area contributed by atoms with E-state index in [1.807, 2.05) is 48.5 Å². The van der Waals surface area contributed by atoms with Crippen LogP contribution in [0.5, 0.6) is 0 Å². The first-order chi connectivity index (χ1) is 13.1. The normalized spacial score (nSPS) is 19.0. The molecular formula is C20H16ClN3O2S. The maximum absolute atomic E-state index is 13.1. The number of anilines is 1. The van der Waals surface area contributed by atoms with Crippen LogP contribution in [-0.4, -0.2) is 27.6 Å². The van der Waals surface area contributed by atoms with Crippen LogP contribution in [0, 0.1) is 0 Å². The van der Waals surface area contributed by atoms with Crippen molar-refractivity contribution in [3.8, 4) is 0 Å². The molecule has 0 radical (unpaired) electrons. The Morgan fingerprint density at radius 1 is 1.19 bits per heavy atom. The number of carbonyl (C=O) groups is 2. The number of allylic oxidation sites excluding steroid dienone is 1. The number of rotatable bonds is 3. The molecule has 1 saturated heterocycles. The summed E-state index contributed by atoms with van der Waals surface area (Å²) < 4.78 is 0. The molecule has 1 atom stereocenters. The molecule has 0 spiro atoms. The average Bonchev–Trinajstić information content (AvgIpc) is 3.02. The van der Waals surface area contributed by atoms with Crippen LogP contribution in [0.2, 0.25) is 5.02 Å². The zero-order valence-corrected chi connectivity index (χ0v) is 16.1. The molecule has 0 bridgehead atoms. The van der Waals surface area contributed by atoms with Gasteiger partial charge in [0.15, 0.2) is 5.17 Å². The highest BCUT2D eigenvalue weighted by Crippen LogP contribution is 2.42. The second-order valence-corrected chi connectivity index (χ2v) is 7.54. The number of benzene rings is 2. The van der Waals surface area contributed by atoms with E-state index in [0.717, 1.165) is 0 Å². The van der Waals surface area contributed by atoms with E-state index in [-0.39, 0.29) is 11.8 Å². The third kappa shape index (κ3) is 3.26. The van der Waals surface area contributed by atoms with Gasteiger partial charge in [0.1, 0.15) is 0 Å². The summed E-state index contributed by atoms with van der Waals surface area (Å²) in [6, 6.07) is 15.9. The summed E-state index contributed by atoms with van der Waals surface area (Å²) in [5, 5.41) is 4.02. The lowest BCUT2D eigenvalue weighted by Gasteiger charge is -2.33. The van der Waals surface area contributed by atoms with Crippen molar-refractivity contribution < 1.29 is 9.59 Å². The number of aliphatic imine (C=N–C) groups is 1. The standard InChI is InChI=1S/C20H16ClN3O2S/c1-12-17(19(26)23-13-7-3-2-4-8-13)18(14-9-5-6-10-15(14)21)24-16(25)11-27-20(24)22-12/h2-10,18H,11H2,1H3,(H,23,26)/t18-/m1/s1. The van der Waals surface area contributed by atoms with Crippen LogP contribution in [0.3, 0.4) is 0 Å². The highest BCUT2D eigenvalue weighted by atomic mass is 35.5. The van der Waals surface area contributed by atoms with Crippen molar-refractivity contribution in [2.45, 2.75) is 13.0 Å². The number of carbonyl (C=O) groups excluding carboxylic acids is 2. The Hall–Kier alpha value is -2.57. The summed E-state index contributed by atoms with van der Waals surface area (Å²) in [4.78, 5) is 31.8. The van der Waals surface area contributed by atoms with E-state index in [2.05, 4.69) is 10.3 Å². The van der Waals surface area contributed by atoms with E-state index in [1.165, 1.54) is 11.8 Å². The van der Waals surface area contributed by atoms with Gasteiger partial charge in [0.25, 0.3) is 5.91 Å². The van der Waals surface area contributed by atoms with Crippen molar-refractivity contribution in [2.24, 2.45) is 4.99 Å². The van der Waals surface area contributed by atoms with Crippen molar-refractivity contribution in [1.29, 1.82) is 0 Å². The quantitative estimate of drug-likeness (QED) is 0.842. The van der Waals surface area contributed by atoms with Crippen LogP contribution in [-0.2, 0) is 9.59 Å². The smallest absolute Gasteiger partial charge is 0.255 e. The van der Waals surface area contributed by atoms with E-state index in [9.17, 15) is 9.59 Å². The lowest BCUT2D eigenvalue weighted by molar-refractivity contribution is -0.125. The Balaban J connectivity index is 1.81. The predicted octanol–water partition coefficient (Wildman–Crippen LogP) is 4.24. The zero-order valence-electron chi connectivity index (χ0n) is 14.5. The molecule has 2 aliphatic heterocycles. The van der Waals surface area contributed by atoms with Gasteiger partial charge in [-0.25, -0.2) is 4.99 Å². The fourth-order valence-electron chi connectivity index (χ4n) is 3.24. The van der Waals surface area contributed by atoms with E-state index >= 15 is 0 Å². The molecule has 1 N–H and O–H groups in total. The highest BCUT2D eigenvalue weighted by molar-refractivity contribution is 8.15. The second kappa shape index (κ2) is 7.21. The molecule has 0 aliphatic carbocycles. The molecule has 1 fully saturated rings. The van der Waals surface area contributed by atoms with Crippen LogP contribution in [0.1, 0.15) is 18.5 Å². The summed E-state index contributed by atoms with van der Waals surface area (Å²) in [5.74, 6) is -0.0713. The molecule has 2 aromatic carbocycles. The number of amidine groups is 1. The summed E-state index contributed by atoms with van der Waals surface area (Å²) in [6.45, 7) is 1.79. The van der Waals surface area contributed by atoms with Gasteiger partial charge in [-0.05, 0) is 30.7 Å². The Kier molecular flexibility index (Phi) is 4.76. The number of para-hydroxylation sites is 1. The number of nitrogens with zero attached hydrogens (tertiary/aromatic N) is 2. The summed E-state index contributed by atoms with van der Waals surface area (Å²) >= 11 is 7.81. The number of amides is 2. The van der Waals surface area contributed by atoms with Gasteiger partial charge < -0.3 is 5.32 Å². The molecular weight excluding hydrogens is 382 g/mol. The first-order valence-electron chi connectivity index (χ1n) is 8.41. The second-order valence-electron chi connectivity index (χ2n) is 6.19. The third-order valence-electron chi connectivity index (χ3n) is 4.46. The van der Waals surface area contributed by atoms with Gasteiger partial charge in [-0.15, -0.1) is 0 Å². The van der Waals surface area contributed by atoms with E-state index < -0.39 is 6.04 Å². The number of halogens is 1. The minimum atomic E-state index is -0.600. The number of nitrogens with one attached hydrogen (secondary N) is 1. The minimum Gasteiger partial charge on any atom is -0.322 e. The van der Waals surface area contributed by atoms with Gasteiger partial charge in [-0.3, -0.25) is 14.5 Å². The Morgan fingerprint density at radius 3 is 2.63 bits per heavy atom. The zero-order chi connectivity index (χ0) is 19.0. The Labute approximate surface area is 166 Å². The Bertz CT molecular complexity index is 988. The number of hydrogen-bond acceptors (Lipinski definition) is 4. The third-order valence-corrected chi connectivity index (χ3v) is 5.74. The topological polar surface area (TPSA) is 61.8 Å². The van der Waals surface area contributed by atoms with Crippen molar-refractivity contribution in [1.82, 2.24) is 4.90 Å². The molecule has 0 aromatic heterocycles. The fraction of sp³-hybridized carbons (Fsp3) is 0.150. The molecule has 2 heterocycles.